The fraction of sp³-hybridized carbons (Fsp3) is 0.263. The minimum absolute atomic E-state index is 0.0117. The van der Waals surface area contributed by atoms with Crippen molar-refractivity contribution in [3.8, 4) is 0 Å². The summed E-state index contributed by atoms with van der Waals surface area (Å²) >= 11 is 0. The van der Waals surface area contributed by atoms with Crippen LogP contribution in [0, 0.1) is 0 Å². The molecule has 0 bridgehead atoms. The highest BCUT2D eigenvalue weighted by molar-refractivity contribution is 5.74. The van der Waals surface area contributed by atoms with E-state index in [0.29, 0.717) is 19.7 Å². The van der Waals surface area contributed by atoms with Crippen molar-refractivity contribution in [2.45, 2.75) is 25.7 Å². The van der Waals surface area contributed by atoms with E-state index in [-0.39, 0.29) is 12.1 Å². The monoisotopic (exact) mass is 336 g/mol. The highest BCUT2D eigenvalue weighted by Crippen LogP contribution is 2.19. The van der Waals surface area contributed by atoms with Crippen molar-refractivity contribution in [3.05, 3.63) is 71.5 Å². The number of fused-ring (bicyclic) bond motifs is 2. The minimum Gasteiger partial charge on any atom is -0.371 e. The quantitative estimate of drug-likeness (QED) is 0.768. The van der Waals surface area contributed by atoms with Crippen LogP contribution >= 0.6 is 0 Å². The van der Waals surface area contributed by atoms with E-state index < -0.39 is 0 Å². The Bertz CT molecular complexity index is 890. The van der Waals surface area contributed by atoms with Crippen LogP contribution < -0.4 is 10.6 Å². The first-order chi connectivity index (χ1) is 12.3. The number of hydrogen-bond acceptors (Lipinski definition) is 3. The molecular formula is C19H20N4O2. The first-order valence-electron chi connectivity index (χ1n) is 8.41. The van der Waals surface area contributed by atoms with Crippen LogP contribution in [-0.2, 0) is 24.3 Å². The topological polar surface area (TPSA) is 67.7 Å². The molecule has 0 aliphatic carbocycles. The second-order valence-corrected chi connectivity index (χ2v) is 6.17. The number of pyridine rings is 1. The van der Waals surface area contributed by atoms with Crippen LogP contribution in [0.25, 0.3) is 5.52 Å². The fourth-order valence-electron chi connectivity index (χ4n) is 3.11. The predicted molar refractivity (Wildman–Crippen MR) is 94.2 cm³/mol. The summed E-state index contributed by atoms with van der Waals surface area (Å²) in [5.74, 6) is 0. The number of carbonyl (C=O) groups is 1. The lowest BCUT2D eigenvalue weighted by molar-refractivity contribution is 0.0305. The molecule has 2 amide bonds. The maximum absolute atomic E-state index is 12.1. The van der Waals surface area contributed by atoms with Crippen LogP contribution in [0.4, 0.5) is 4.79 Å². The van der Waals surface area contributed by atoms with Gasteiger partial charge < -0.3 is 15.4 Å². The van der Waals surface area contributed by atoms with Gasteiger partial charge in [0, 0.05) is 31.3 Å². The Kier molecular flexibility index (Phi) is 4.35. The Morgan fingerprint density at radius 3 is 2.92 bits per heavy atom. The molecule has 6 nitrogen and oxygen atoms in total. The number of carbonyl (C=O) groups excluding carboxylic acids is 1. The molecule has 2 aromatic heterocycles. The lowest BCUT2D eigenvalue weighted by atomic mass is 9.99. The third-order valence-electron chi connectivity index (χ3n) is 4.48. The van der Waals surface area contributed by atoms with E-state index in [0.717, 1.165) is 17.5 Å². The number of aromatic nitrogens is 2. The summed E-state index contributed by atoms with van der Waals surface area (Å²) in [5, 5.41) is 10.0. The summed E-state index contributed by atoms with van der Waals surface area (Å²) in [5.41, 5.74) is 4.51. The van der Waals surface area contributed by atoms with E-state index in [1.54, 1.807) is 10.7 Å². The van der Waals surface area contributed by atoms with Gasteiger partial charge in [0.05, 0.1) is 24.4 Å². The number of hydrogen-bond donors (Lipinski definition) is 2. The average molecular weight is 336 g/mol. The normalized spacial score (nSPS) is 16.4. The Morgan fingerprint density at radius 2 is 2.00 bits per heavy atom. The molecular weight excluding hydrogens is 316 g/mol. The Labute approximate surface area is 145 Å². The standard InChI is InChI=1S/C19H20N4O2/c24-19(20-10-16-11-22-23-8-4-3-7-18(16)23)21-12-17-9-14-5-1-2-6-15(14)13-25-17/h1-8,11,17H,9-10,12-13H2,(H2,20,21,24)/t17-/m0/s1. The lowest BCUT2D eigenvalue weighted by Crippen LogP contribution is -2.41. The van der Waals surface area contributed by atoms with Gasteiger partial charge in [0.25, 0.3) is 0 Å². The number of rotatable bonds is 4. The average Bonchev–Trinajstić information content (AvgIpc) is 3.08. The van der Waals surface area contributed by atoms with Gasteiger partial charge in [-0.2, -0.15) is 5.10 Å². The van der Waals surface area contributed by atoms with Crippen LogP contribution in [0.3, 0.4) is 0 Å². The van der Waals surface area contributed by atoms with Gasteiger partial charge in [0.2, 0.25) is 0 Å². The number of urea groups is 1. The van der Waals surface area contributed by atoms with Gasteiger partial charge >= 0.3 is 6.03 Å². The molecule has 0 spiro atoms. The molecule has 3 aromatic rings. The van der Waals surface area contributed by atoms with Gasteiger partial charge in [-0.1, -0.05) is 30.3 Å². The summed E-state index contributed by atoms with van der Waals surface area (Å²) < 4.78 is 7.60. The molecule has 3 heterocycles. The Balaban J connectivity index is 1.27. The molecule has 0 radical (unpaired) electrons. The molecule has 4 rings (SSSR count). The van der Waals surface area contributed by atoms with Gasteiger partial charge in [-0.05, 0) is 23.3 Å². The summed E-state index contributed by atoms with van der Waals surface area (Å²) in [6, 6.07) is 13.9. The van der Waals surface area contributed by atoms with Crippen LogP contribution in [0.5, 0.6) is 0 Å². The second kappa shape index (κ2) is 6.94. The zero-order valence-electron chi connectivity index (χ0n) is 13.8. The van der Waals surface area contributed by atoms with Crippen molar-refractivity contribution in [1.82, 2.24) is 20.2 Å². The highest BCUT2D eigenvalue weighted by Gasteiger charge is 2.19. The third kappa shape index (κ3) is 3.49. The largest absolute Gasteiger partial charge is 0.371 e. The molecule has 1 atom stereocenters. The second-order valence-electron chi connectivity index (χ2n) is 6.17. The van der Waals surface area contributed by atoms with Crippen molar-refractivity contribution in [1.29, 1.82) is 0 Å². The highest BCUT2D eigenvalue weighted by atomic mass is 16.5. The maximum atomic E-state index is 12.1. The van der Waals surface area contributed by atoms with Crippen LogP contribution in [0.15, 0.2) is 54.9 Å². The van der Waals surface area contributed by atoms with Gasteiger partial charge in [-0.15, -0.1) is 0 Å². The lowest BCUT2D eigenvalue weighted by Gasteiger charge is -2.25. The Morgan fingerprint density at radius 1 is 1.16 bits per heavy atom. The van der Waals surface area contributed by atoms with E-state index in [1.807, 2.05) is 36.5 Å². The van der Waals surface area contributed by atoms with Crippen LogP contribution in [-0.4, -0.2) is 28.3 Å². The van der Waals surface area contributed by atoms with Gasteiger partial charge in [-0.3, -0.25) is 0 Å². The summed E-state index contributed by atoms with van der Waals surface area (Å²) in [4.78, 5) is 12.1. The van der Waals surface area contributed by atoms with E-state index in [2.05, 4.69) is 27.9 Å². The summed E-state index contributed by atoms with van der Waals surface area (Å²) in [6.07, 6.45) is 4.50. The zero-order chi connectivity index (χ0) is 17.1. The number of ether oxygens (including phenoxy) is 1. The molecule has 1 aromatic carbocycles. The molecule has 0 fully saturated rings. The minimum atomic E-state index is -0.197. The van der Waals surface area contributed by atoms with Crippen LogP contribution in [0.1, 0.15) is 16.7 Å². The molecule has 1 aliphatic heterocycles. The van der Waals surface area contributed by atoms with E-state index in [4.69, 9.17) is 4.74 Å². The molecule has 25 heavy (non-hydrogen) atoms. The van der Waals surface area contributed by atoms with E-state index >= 15 is 0 Å². The van der Waals surface area contributed by atoms with Gasteiger partial charge in [0.1, 0.15) is 0 Å². The van der Waals surface area contributed by atoms with Crippen molar-refractivity contribution in [2.75, 3.05) is 6.54 Å². The van der Waals surface area contributed by atoms with E-state index in [9.17, 15) is 4.79 Å². The van der Waals surface area contributed by atoms with E-state index in [1.165, 1.54) is 11.1 Å². The van der Waals surface area contributed by atoms with Crippen molar-refractivity contribution < 1.29 is 9.53 Å². The van der Waals surface area contributed by atoms with Crippen molar-refractivity contribution >= 4 is 11.5 Å². The summed E-state index contributed by atoms with van der Waals surface area (Å²) in [6.45, 7) is 1.54. The van der Waals surface area contributed by atoms with Gasteiger partial charge in [0.15, 0.2) is 0 Å². The molecule has 0 unspecified atom stereocenters. The molecule has 2 N–H and O–H groups in total. The SMILES string of the molecule is O=C(NCc1cnn2ccccc12)NC[C@@H]1Cc2ccccc2CO1. The Hall–Kier alpha value is -2.86. The number of nitrogens with one attached hydrogen (secondary N) is 2. The molecule has 6 heteroatoms. The molecule has 0 saturated carbocycles. The first-order valence-corrected chi connectivity index (χ1v) is 8.41. The van der Waals surface area contributed by atoms with Crippen LogP contribution in [0.2, 0.25) is 0 Å². The van der Waals surface area contributed by atoms with Crippen molar-refractivity contribution in [2.24, 2.45) is 0 Å². The third-order valence-corrected chi connectivity index (χ3v) is 4.48. The maximum Gasteiger partial charge on any atom is 0.315 e. The van der Waals surface area contributed by atoms with Crippen molar-refractivity contribution in [3.63, 3.8) is 0 Å². The smallest absolute Gasteiger partial charge is 0.315 e. The predicted octanol–water partition coefficient (Wildman–Crippen LogP) is 2.28. The molecule has 128 valence electrons. The molecule has 1 aliphatic rings. The number of benzene rings is 1. The number of nitrogens with zero attached hydrogens (tertiary/aromatic N) is 2. The number of amides is 2. The molecule has 0 saturated heterocycles. The fourth-order valence-corrected chi connectivity index (χ4v) is 3.11. The summed E-state index contributed by atoms with van der Waals surface area (Å²) in [7, 11) is 0. The zero-order valence-corrected chi connectivity index (χ0v) is 13.8. The first kappa shape index (κ1) is 15.7. The van der Waals surface area contributed by atoms with Gasteiger partial charge in [-0.25, -0.2) is 9.31 Å².